The van der Waals surface area contributed by atoms with Crippen LogP contribution in [-0.2, 0) is 11.3 Å². The SMILES string of the molecule is Cc1ccc(NCc2ccc(/C=C/C(=O)O)cc2)cc1Nc1nccc(-c2cccnc2)n1. The van der Waals surface area contributed by atoms with E-state index in [4.69, 9.17) is 5.11 Å². The first kappa shape index (κ1) is 21.7. The van der Waals surface area contributed by atoms with E-state index in [0.717, 1.165) is 45.4 Å². The summed E-state index contributed by atoms with van der Waals surface area (Å²) in [6.07, 6.45) is 7.94. The molecule has 0 unspecified atom stereocenters. The summed E-state index contributed by atoms with van der Waals surface area (Å²) in [5.74, 6) is -0.444. The molecule has 0 aliphatic heterocycles. The van der Waals surface area contributed by atoms with Crippen LogP contribution in [0.15, 0.2) is 85.3 Å². The van der Waals surface area contributed by atoms with Crippen molar-refractivity contribution >= 4 is 29.4 Å². The van der Waals surface area contributed by atoms with Crippen molar-refractivity contribution in [2.45, 2.75) is 13.5 Å². The van der Waals surface area contributed by atoms with Crippen molar-refractivity contribution in [1.82, 2.24) is 15.0 Å². The quantitative estimate of drug-likeness (QED) is 0.322. The highest BCUT2D eigenvalue weighted by Gasteiger charge is 2.06. The molecule has 0 bridgehead atoms. The predicted molar refractivity (Wildman–Crippen MR) is 130 cm³/mol. The fourth-order valence-electron chi connectivity index (χ4n) is 3.20. The number of anilines is 3. The maximum atomic E-state index is 10.6. The minimum atomic E-state index is -0.960. The Morgan fingerprint density at radius 2 is 1.91 bits per heavy atom. The lowest BCUT2D eigenvalue weighted by Gasteiger charge is -2.13. The first-order valence-corrected chi connectivity index (χ1v) is 10.4. The van der Waals surface area contributed by atoms with E-state index in [1.165, 1.54) is 0 Å². The van der Waals surface area contributed by atoms with Crippen LogP contribution in [0, 0.1) is 6.92 Å². The minimum Gasteiger partial charge on any atom is -0.478 e. The Morgan fingerprint density at radius 1 is 1.06 bits per heavy atom. The predicted octanol–water partition coefficient (Wildman–Crippen LogP) is 5.30. The van der Waals surface area contributed by atoms with Gasteiger partial charge in [0, 0.05) is 48.1 Å². The third-order valence-corrected chi connectivity index (χ3v) is 4.99. The zero-order valence-electron chi connectivity index (χ0n) is 18.1. The molecule has 2 heterocycles. The number of carboxylic acids is 1. The Kier molecular flexibility index (Phi) is 6.70. The van der Waals surface area contributed by atoms with Crippen LogP contribution in [0.25, 0.3) is 17.3 Å². The number of nitrogens with zero attached hydrogens (tertiary/aromatic N) is 3. The van der Waals surface area contributed by atoms with Gasteiger partial charge < -0.3 is 15.7 Å². The molecule has 4 rings (SSSR count). The average molecular weight is 438 g/mol. The van der Waals surface area contributed by atoms with Crippen molar-refractivity contribution in [3.63, 3.8) is 0 Å². The highest BCUT2D eigenvalue weighted by Crippen LogP contribution is 2.24. The van der Waals surface area contributed by atoms with E-state index in [0.29, 0.717) is 12.5 Å². The Bertz CT molecular complexity index is 1270. The molecule has 0 spiro atoms. The molecule has 0 amide bonds. The van der Waals surface area contributed by atoms with Crippen LogP contribution < -0.4 is 10.6 Å². The van der Waals surface area contributed by atoms with Gasteiger partial charge in [-0.1, -0.05) is 30.3 Å². The molecule has 164 valence electrons. The van der Waals surface area contributed by atoms with Crippen molar-refractivity contribution in [2.24, 2.45) is 0 Å². The lowest BCUT2D eigenvalue weighted by Crippen LogP contribution is -2.02. The third-order valence-electron chi connectivity index (χ3n) is 4.99. The summed E-state index contributed by atoms with van der Waals surface area (Å²) < 4.78 is 0. The van der Waals surface area contributed by atoms with E-state index >= 15 is 0 Å². The van der Waals surface area contributed by atoms with Crippen LogP contribution >= 0.6 is 0 Å². The second kappa shape index (κ2) is 10.2. The smallest absolute Gasteiger partial charge is 0.328 e. The number of aryl methyl sites for hydroxylation is 1. The van der Waals surface area contributed by atoms with Crippen LogP contribution in [0.2, 0.25) is 0 Å². The topological polar surface area (TPSA) is 100 Å². The average Bonchev–Trinajstić information content (AvgIpc) is 2.84. The summed E-state index contributed by atoms with van der Waals surface area (Å²) in [7, 11) is 0. The first-order chi connectivity index (χ1) is 16.1. The summed E-state index contributed by atoms with van der Waals surface area (Å²) in [5, 5.41) is 15.5. The fourth-order valence-corrected chi connectivity index (χ4v) is 3.20. The lowest BCUT2D eigenvalue weighted by molar-refractivity contribution is -0.131. The van der Waals surface area contributed by atoms with Gasteiger partial charge in [-0.3, -0.25) is 4.98 Å². The Hall–Kier alpha value is -4.52. The second-order valence-corrected chi connectivity index (χ2v) is 7.43. The molecule has 7 heteroatoms. The number of carboxylic acid groups (broad SMARTS) is 1. The van der Waals surface area contributed by atoms with Gasteiger partial charge in [0.15, 0.2) is 0 Å². The molecular formula is C26H23N5O2. The summed E-state index contributed by atoms with van der Waals surface area (Å²) >= 11 is 0. The highest BCUT2D eigenvalue weighted by molar-refractivity contribution is 5.85. The lowest BCUT2D eigenvalue weighted by atomic mass is 10.1. The number of nitrogens with one attached hydrogen (secondary N) is 2. The molecule has 2 aromatic carbocycles. The zero-order valence-corrected chi connectivity index (χ0v) is 18.1. The van der Waals surface area contributed by atoms with Crippen molar-refractivity contribution in [3.8, 4) is 11.3 Å². The number of aromatic nitrogens is 3. The molecule has 0 fully saturated rings. The number of hydrogen-bond donors (Lipinski definition) is 3. The molecule has 7 nitrogen and oxygen atoms in total. The summed E-state index contributed by atoms with van der Waals surface area (Å²) in [6.45, 7) is 2.67. The maximum absolute atomic E-state index is 10.6. The Morgan fingerprint density at radius 3 is 2.67 bits per heavy atom. The molecule has 0 atom stereocenters. The number of rotatable bonds is 8. The molecule has 0 saturated carbocycles. The van der Waals surface area contributed by atoms with E-state index in [2.05, 4.69) is 25.6 Å². The van der Waals surface area contributed by atoms with E-state index in [1.807, 2.05) is 67.6 Å². The van der Waals surface area contributed by atoms with E-state index in [9.17, 15) is 4.79 Å². The van der Waals surface area contributed by atoms with Crippen molar-refractivity contribution in [3.05, 3.63) is 102 Å². The number of carbonyl (C=O) groups is 1. The molecule has 0 radical (unpaired) electrons. The number of pyridine rings is 1. The van der Waals surface area contributed by atoms with Crippen molar-refractivity contribution in [1.29, 1.82) is 0 Å². The van der Waals surface area contributed by atoms with Crippen molar-refractivity contribution < 1.29 is 9.90 Å². The zero-order chi connectivity index (χ0) is 23.0. The maximum Gasteiger partial charge on any atom is 0.328 e. The normalized spacial score (nSPS) is 10.8. The van der Waals surface area contributed by atoms with Gasteiger partial charge in [0.05, 0.1) is 5.69 Å². The molecule has 3 N–H and O–H groups in total. The van der Waals surface area contributed by atoms with Crippen LogP contribution in [0.1, 0.15) is 16.7 Å². The van der Waals surface area contributed by atoms with Gasteiger partial charge in [0.1, 0.15) is 0 Å². The third kappa shape index (κ3) is 6.01. The molecule has 4 aromatic rings. The van der Waals surface area contributed by atoms with Crippen LogP contribution in [0.5, 0.6) is 0 Å². The number of aliphatic carboxylic acids is 1. The first-order valence-electron chi connectivity index (χ1n) is 10.4. The van der Waals surface area contributed by atoms with Gasteiger partial charge in [0.2, 0.25) is 5.95 Å². The van der Waals surface area contributed by atoms with Gasteiger partial charge in [-0.15, -0.1) is 0 Å². The van der Waals surface area contributed by atoms with E-state index < -0.39 is 5.97 Å². The van der Waals surface area contributed by atoms with Gasteiger partial charge in [-0.2, -0.15) is 0 Å². The van der Waals surface area contributed by atoms with Crippen LogP contribution in [-0.4, -0.2) is 26.0 Å². The molecule has 0 aliphatic rings. The molecular weight excluding hydrogens is 414 g/mol. The van der Waals surface area contributed by atoms with E-state index in [1.54, 1.807) is 24.7 Å². The second-order valence-electron chi connectivity index (χ2n) is 7.43. The van der Waals surface area contributed by atoms with Gasteiger partial charge in [-0.25, -0.2) is 14.8 Å². The molecule has 2 aromatic heterocycles. The largest absolute Gasteiger partial charge is 0.478 e. The van der Waals surface area contributed by atoms with Crippen molar-refractivity contribution in [2.75, 3.05) is 10.6 Å². The van der Waals surface area contributed by atoms with Crippen LogP contribution in [0.3, 0.4) is 0 Å². The molecule has 0 saturated heterocycles. The molecule has 0 aliphatic carbocycles. The van der Waals surface area contributed by atoms with Crippen LogP contribution in [0.4, 0.5) is 17.3 Å². The van der Waals surface area contributed by atoms with Gasteiger partial charge >= 0.3 is 5.97 Å². The minimum absolute atomic E-state index is 0.515. The Labute approximate surface area is 191 Å². The summed E-state index contributed by atoms with van der Waals surface area (Å²) in [5.41, 5.74) is 6.61. The highest BCUT2D eigenvalue weighted by atomic mass is 16.4. The van der Waals surface area contributed by atoms with E-state index in [-0.39, 0.29) is 0 Å². The number of benzene rings is 2. The van der Waals surface area contributed by atoms with Gasteiger partial charge in [0.25, 0.3) is 0 Å². The summed E-state index contributed by atoms with van der Waals surface area (Å²) in [6, 6.07) is 19.5. The Balaban J connectivity index is 1.44. The number of hydrogen-bond acceptors (Lipinski definition) is 6. The monoisotopic (exact) mass is 437 g/mol. The summed E-state index contributed by atoms with van der Waals surface area (Å²) in [4.78, 5) is 23.8. The van der Waals surface area contributed by atoms with Gasteiger partial charge in [-0.05, 0) is 60.0 Å². The fraction of sp³-hybridized carbons (Fsp3) is 0.0769. The molecule has 33 heavy (non-hydrogen) atoms. The standard InChI is InChI=1S/C26H23N5O2/c1-18-4-10-22(29-16-20-7-5-19(6-8-20)9-11-25(32)33)15-24(18)31-26-28-14-12-23(30-26)21-3-2-13-27-17-21/h2-15,17,29H,16H2,1H3,(H,32,33)(H,28,30,31)/b11-9+.